The van der Waals surface area contributed by atoms with Crippen LogP contribution in [0.2, 0.25) is 5.02 Å². The molecule has 0 spiro atoms. The average Bonchev–Trinajstić information content (AvgIpc) is 3.37. The number of aromatic nitrogens is 3. The number of benzene rings is 1. The second kappa shape index (κ2) is 12.1. The molecule has 0 saturated carbocycles. The number of anilines is 1. The molecule has 42 heavy (non-hydrogen) atoms. The van der Waals surface area contributed by atoms with Gasteiger partial charge in [0.2, 0.25) is 5.88 Å². The van der Waals surface area contributed by atoms with Crippen molar-refractivity contribution in [3.05, 3.63) is 70.9 Å². The standard InChI is InChI=1S/C29H30ClF4N7O/c1-17-9-26(42-2)36-13-21(17)19-10-25-27(37-12-18-5-7-40(8-6-18)16-29(32,33)34)22(14-38-41(25)15-19)28(35)39-24-11-20(31)3-4-23(24)30/h3-4,9-11,13-15,18,37H,5-8,12,16H2,1-2H3,(H2,35,39). The van der Waals surface area contributed by atoms with Crippen LogP contribution in [-0.2, 0) is 0 Å². The van der Waals surface area contributed by atoms with Gasteiger partial charge in [0.1, 0.15) is 11.7 Å². The molecule has 13 heteroatoms. The van der Waals surface area contributed by atoms with Crippen molar-refractivity contribution in [1.29, 1.82) is 0 Å². The Hall–Kier alpha value is -3.90. The van der Waals surface area contributed by atoms with Gasteiger partial charge < -0.3 is 15.8 Å². The first-order valence-corrected chi connectivity index (χ1v) is 13.7. The van der Waals surface area contributed by atoms with E-state index in [9.17, 15) is 17.6 Å². The van der Waals surface area contributed by atoms with E-state index in [-0.39, 0.29) is 22.5 Å². The van der Waals surface area contributed by atoms with Crippen molar-refractivity contribution in [2.24, 2.45) is 16.6 Å². The van der Waals surface area contributed by atoms with E-state index in [4.69, 9.17) is 22.1 Å². The molecular formula is C29H30ClF4N7O. The topological polar surface area (TPSA) is 93.1 Å². The zero-order valence-corrected chi connectivity index (χ0v) is 23.8. The second-order valence-electron chi connectivity index (χ2n) is 10.3. The van der Waals surface area contributed by atoms with Crippen molar-refractivity contribution < 1.29 is 22.3 Å². The second-order valence-corrected chi connectivity index (χ2v) is 10.7. The van der Waals surface area contributed by atoms with Crippen LogP contribution in [0.1, 0.15) is 24.0 Å². The van der Waals surface area contributed by atoms with E-state index < -0.39 is 18.5 Å². The highest BCUT2D eigenvalue weighted by molar-refractivity contribution is 6.33. The highest BCUT2D eigenvalue weighted by Crippen LogP contribution is 2.33. The van der Waals surface area contributed by atoms with Crippen molar-refractivity contribution >= 4 is 34.3 Å². The summed E-state index contributed by atoms with van der Waals surface area (Å²) in [5.74, 6) is 0.220. The fourth-order valence-corrected chi connectivity index (χ4v) is 5.30. The molecule has 4 heterocycles. The van der Waals surface area contributed by atoms with Crippen LogP contribution in [0.3, 0.4) is 0 Å². The zero-order valence-electron chi connectivity index (χ0n) is 23.1. The van der Waals surface area contributed by atoms with Crippen molar-refractivity contribution in [2.75, 3.05) is 38.6 Å². The molecule has 0 aliphatic carbocycles. The molecular weight excluding hydrogens is 574 g/mol. The van der Waals surface area contributed by atoms with Crippen molar-refractivity contribution in [1.82, 2.24) is 19.5 Å². The number of likely N-dealkylation sites (tertiary alicyclic amines) is 1. The van der Waals surface area contributed by atoms with Gasteiger partial charge in [-0.3, -0.25) is 4.90 Å². The maximum Gasteiger partial charge on any atom is 0.401 e. The lowest BCUT2D eigenvalue weighted by atomic mass is 9.96. The first-order chi connectivity index (χ1) is 20.0. The van der Waals surface area contributed by atoms with Gasteiger partial charge in [-0.25, -0.2) is 18.9 Å². The molecule has 5 rings (SSSR count). The zero-order chi connectivity index (χ0) is 30.0. The van der Waals surface area contributed by atoms with Gasteiger partial charge in [0.05, 0.1) is 47.3 Å². The third-order valence-corrected chi connectivity index (χ3v) is 7.67. The van der Waals surface area contributed by atoms with Crippen molar-refractivity contribution in [3.63, 3.8) is 0 Å². The first kappa shape index (κ1) is 29.6. The van der Waals surface area contributed by atoms with Crippen molar-refractivity contribution in [3.8, 4) is 17.0 Å². The molecule has 1 aliphatic rings. The number of alkyl halides is 3. The van der Waals surface area contributed by atoms with Crippen LogP contribution in [0.25, 0.3) is 16.6 Å². The summed E-state index contributed by atoms with van der Waals surface area (Å²) >= 11 is 6.23. The molecule has 3 N–H and O–H groups in total. The number of piperidine rings is 1. The van der Waals surface area contributed by atoms with Gasteiger partial charge in [0, 0.05) is 42.2 Å². The van der Waals surface area contributed by atoms with E-state index in [1.54, 1.807) is 24.0 Å². The number of ether oxygens (including phenoxy) is 1. The molecule has 1 aromatic carbocycles. The molecule has 4 aromatic rings. The predicted molar refractivity (Wildman–Crippen MR) is 155 cm³/mol. The largest absolute Gasteiger partial charge is 0.481 e. The lowest BCUT2D eigenvalue weighted by Crippen LogP contribution is -2.41. The lowest BCUT2D eigenvalue weighted by molar-refractivity contribution is -0.148. The average molecular weight is 604 g/mol. The van der Waals surface area contributed by atoms with Gasteiger partial charge in [0.15, 0.2) is 0 Å². The number of nitrogens with one attached hydrogen (secondary N) is 1. The van der Waals surface area contributed by atoms with Crippen LogP contribution < -0.4 is 15.8 Å². The molecule has 3 aromatic heterocycles. The minimum absolute atomic E-state index is 0.0741. The van der Waals surface area contributed by atoms with Crippen LogP contribution >= 0.6 is 11.6 Å². The SMILES string of the molecule is COc1cc(C)c(-c2cc3c(NCC4CCN(CC(F)(F)F)CC4)c(C(N)=Nc4cc(F)ccc4Cl)cnn3c2)cn1. The first-order valence-electron chi connectivity index (χ1n) is 13.4. The minimum atomic E-state index is -4.21. The summed E-state index contributed by atoms with van der Waals surface area (Å²) < 4.78 is 59.4. The van der Waals surface area contributed by atoms with Crippen molar-refractivity contribution in [2.45, 2.75) is 25.9 Å². The summed E-state index contributed by atoms with van der Waals surface area (Å²) in [7, 11) is 1.56. The molecule has 0 amide bonds. The third kappa shape index (κ3) is 6.76. The maximum atomic E-state index is 13.9. The summed E-state index contributed by atoms with van der Waals surface area (Å²) in [4.78, 5) is 10.2. The molecule has 1 fully saturated rings. The number of methoxy groups -OCH3 is 1. The highest BCUT2D eigenvalue weighted by atomic mass is 35.5. The van der Waals surface area contributed by atoms with Gasteiger partial charge in [-0.1, -0.05) is 11.6 Å². The fraction of sp³-hybridized carbons (Fsp3) is 0.345. The van der Waals surface area contributed by atoms with Crippen LogP contribution in [0.5, 0.6) is 5.88 Å². The lowest BCUT2D eigenvalue weighted by Gasteiger charge is -2.32. The number of nitrogens with zero attached hydrogens (tertiary/aromatic N) is 5. The number of amidine groups is 1. The normalized spacial score (nSPS) is 15.4. The number of hydrogen-bond donors (Lipinski definition) is 2. The van der Waals surface area contributed by atoms with E-state index in [0.717, 1.165) is 16.7 Å². The molecule has 1 aliphatic heterocycles. The quantitative estimate of drug-likeness (QED) is 0.141. The number of fused-ring (bicyclic) bond motifs is 1. The number of nitrogens with two attached hydrogens (primary N) is 1. The number of pyridine rings is 1. The summed E-state index contributed by atoms with van der Waals surface area (Å²) in [6.07, 6.45) is 2.18. The predicted octanol–water partition coefficient (Wildman–Crippen LogP) is 6.23. The molecule has 0 bridgehead atoms. The van der Waals surface area contributed by atoms with E-state index >= 15 is 0 Å². The van der Waals surface area contributed by atoms with Crippen LogP contribution in [0.4, 0.5) is 28.9 Å². The fourth-order valence-electron chi connectivity index (χ4n) is 5.14. The maximum absolute atomic E-state index is 13.9. The Morgan fingerprint density at radius 1 is 1.19 bits per heavy atom. The van der Waals surface area contributed by atoms with Gasteiger partial charge >= 0.3 is 6.18 Å². The minimum Gasteiger partial charge on any atom is -0.481 e. The summed E-state index contributed by atoms with van der Waals surface area (Å²) in [6, 6.07) is 7.62. The van der Waals surface area contributed by atoms with E-state index in [2.05, 4.69) is 20.4 Å². The molecule has 222 valence electrons. The van der Waals surface area contributed by atoms with E-state index in [1.165, 1.54) is 23.1 Å². The van der Waals surface area contributed by atoms with E-state index in [1.807, 2.05) is 25.3 Å². The van der Waals surface area contributed by atoms with Crippen LogP contribution in [0, 0.1) is 18.7 Å². The van der Waals surface area contributed by atoms with Gasteiger partial charge in [-0.15, -0.1) is 0 Å². The number of aryl methyl sites for hydroxylation is 1. The van der Waals surface area contributed by atoms with E-state index in [0.29, 0.717) is 55.1 Å². The Balaban J connectivity index is 1.49. The third-order valence-electron chi connectivity index (χ3n) is 7.35. The number of hydrogen-bond acceptors (Lipinski definition) is 6. The summed E-state index contributed by atoms with van der Waals surface area (Å²) in [6.45, 7) is 2.30. The van der Waals surface area contributed by atoms with Gasteiger partial charge in [-0.05, 0) is 62.5 Å². The number of halogens is 5. The monoisotopic (exact) mass is 603 g/mol. The molecule has 0 atom stereocenters. The number of rotatable bonds is 8. The molecule has 0 radical (unpaired) electrons. The Labute approximate surface area is 245 Å². The Morgan fingerprint density at radius 2 is 1.95 bits per heavy atom. The van der Waals surface area contributed by atoms with Crippen LogP contribution in [0.15, 0.2) is 53.9 Å². The summed E-state index contributed by atoms with van der Waals surface area (Å²) in [5.41, 5.74) is 11.1. The Morgan fingerprint density at radius 3 is 2.64 bits per heavy atom. The van der Waals surface area contributed by atoms with Gasteiger partial charge in [0.25, 0.3) is 0 Å². The summed E-state index contributed by atoms with van der Waals surface area (Å²) in [5, 5.41) is 8.25. The van der Waals surface area contributed by atoms with Crippen LogP contribution in [-0.4, -0.2) is 64.8 Å². The number of aliphatic imine (C=N–C) groups is 1. The molecule has 0 unspecified atom stereocenters. The molecule has 1 saturated heterocycles. The van der Waals surface area contributed by atoms with Gasteiger partial charge in [-0.2, -0.15) is 18.3 Å². The Bertz CT molecular complexity index is 1610. The Kier molecular flexibility index (Phi) is 8.55. The highest BCUT2D eigenvalue weighted by Gasteiger charge is 2.32. The molecule has 8 nitrogen and oxygen atoms in total. The smallest absolute Gasteiger partial charge is 0.401 e.